The summed E-state index contributed by atoms with van der Waals surface area (Å²) in [6.45, 7) is 13.7. The molecule has 0 saturated carbocycles. The van der Waals surface area contributed by atoms with Gasteiger partial charge >= 0.3 is 24.1 Å². The number of aromatic nitrogens is 6. The molecule has 2 saturated heterocycles. The summed E-state index contributed by atoms with van der Waals surface area (Å²) in [4.78, 5) is 94.2. The van der Waals surface area contributed by atoms with E-state index in [1.54, 1.807) is 37.5 Å². The second-order valence-electron chi connectivity index (χ2n) is 20.9. The number of halogens is 2. The molecule has 9 rings (SSSR count). The van der Waals surface area contributed by atoms with Crippen LogP contribution >= 0.6 is 23.2 Å². The third kappa shape index (κ3) is 14.2. The van der Waals surface area contributed by atoms with Gasteiger partial charge in [-0.3, -0.25) is 9.59 Å². The summed E-state index contributed by atoms with van der Waals surface area (Å²) in [5, 5.41) is 16.4. The number of alkyl carbamates (subject to hydrolysis) is 2. The van der Waals surface area contributed by atoms with Gasteiger partial charge in [0.2, 0.25) is 11.9 Å². The maximum atomic E-state index is 13.5. The molecule has 2 fully saturated rings. The highest BCUT2D eigenvalue weighted by Gasteiger charge is 2.31. The number of ether oxygens (including phenoxy) is 3. The van der Waals surface area contributed by atoms with E-state index in [1.165, 1.54) is 12.1 Å². The van der Waals surface area contributed by atoms with E-state index in [1.807, 2.05) is 102 Å². The van der Waals surface area contributed by atoms with Crippen molar-refractivity contribution in [3.05, 3.63) is 150 Å². The molecule has 2 aliphatic rings. The Kier molecular flexibility index (Phi) is 17.0. The Bertz CT molecular complexity index is 3420. The smallest absolute Gasteiger partial charge is 0.407 e. The van der Waals surface area contributed by atoms with Gasteiger partial charge in [-0.1, -0.05) is 89.9 Å². The van der Waals surface area contributed by atoms with Crippen LogP contribution in [0.4, 0.5) is 21.5 Å². The fourth-order valence-electron chi connectivity index (χ4n) is 9.21. The average Bonchev–Trinajstić information content (AvgIpc) is 4.06. The van der Waals surface area contributed by atoms with Crippen molar-refractivity contribution in [2.45, 2.75) is 110 Å². The number of esters is 1. The van der Waals surface area contributed by atoms with Crippen molar-refractivity contribution in [3.8, 4) is 0 Å². The minimum Gasteiger partial charge on any atom is -0.477 e. The highest BCUT2D eigenvalue weighted by molar-refractivity contribution is 6.31. The Hall–Kier alpha value is -7.84. The number of nitrogens with one attached hydrogen (secondary N) is 4. The summed E-state index contributed by atoms with van der Waals surface area (Å²) in [7, 11) is 0. The Morgan fingerprint density at radius 2 is 1.08 bits per heavy atom. The predicted octanol–water partition coefficient (Wildman–Crippen LogP) is 8.89. The van der Waals surface area contributed by atoms with Crippen LogP contribution in [0.15, 0.2) is 101 Å². The van der Waals surface area contributed by atoms with E-state index in [0.717, 1.165) is 42.4 Å². The molecule has 2 atom stereocenters. The summed E-state index contributed by atoms with van der Waals surface area (Å²) < 4.78 is 19.8. The average molecular weight is 1090 g/mol. The second-order valence-corrected chi connectivity index (χ2v) is 21.7. The van der Waals surface area contributed by atoms with E-state index < -0.39 is 46.4 Å². The topological polar surface area (TPSA) is 248 Å². The Morgan fingerprint density at radius 3 is 1.52 bits per heavy atom. The predicted molar refractivity (Wildman–Crippen MR) is 294 cm³/mol. The summed E-state index contributed by atoms with van der Waals surface area (Å²) in [5.74, 6) is -0.852. The van der Waals surface area contributed by atoms with Crippen LogP contribution in [0.25, 0.3) is 22.1 Å². The molecule has 0 spiro atoms. The number of aromatic amines is 2. The number of rotatable bonds is 12. The van der Waals surface area contributed by atoms with Crippen LogP contribution in [0.2, 0.25) is 10.0 Å². The van der Waals surface area contributed by atoms with Gasteiger partial charge in [0, 0.05) is 48.3 Å². The molecule has 4 aromatic heterocycles. The van der Waals surface area contributed by atoms with Crippen molar-refractivity contribution < 1.29 is 38.5 Å². The first-order valence-corrected chi connectivity index (χ1v) is 26.0. The Balaban J connectivity index is 0.000000207. The number of fused-ring (bicyclic) bond motifs is 2. The van der Waals surface area contributed by atoms with Crippen LogP contribution in [0.1, 0.15) is 105 Å². The third-order valence-electron chi connectivity index (χ3n) is 12.5. The molecule has 22 heteroatoms. The molecular formula is C55H62Cl2N10O10. The number of aromatic carboxylic acids is 1. The number of nitrogens with zero attached hydrogens (tertiary/aromatic N) is 6. The standard InChI is InChI=1S/C31H34ClN5O5.C24H28ClN5O5/c1-31(2,3)42-30(40)33-22-13-9-15-36(18-22)29-35-24-16-25(28(39)41-19-20-10-5-4-6-11-20)34-27(38)26(24)37(29)17-21-12-7-8-14-23(21)32;1-24(2,3)35-23(34)26-15-8-6-10-29(13-15)22-28-17-11-18(21(32)33)27-20(31)19(17)30(22)12-14-7-4-5-9-16(14)25/h4-8,10-12,14,16,22H,9,13,15,17-19H2,1-3H3,(H,33,40)(H,34,38);4-5,7,9,11,15H,6,8,10,12-13H2,1-3H3,(H,26,34)(H,27,31)(H,32,33)/t22-;15-/m11/s1. The zero-order valence-corrected chi connectivity index (χ0v) is 45.2. The first-order valence-electron chi connectivity index (χ1n) is 25.3. The zero-order chi connectivity index (χ0) is 55.2. The number of carboxylic acids is 1. The van der Waals surface area contributed by atoms with Gasteiger partial charge in [-0.2, -0.15) is 0 Å². The minimum atomic E-state index is -1.24. The second kappa shape index (κ2) is 23.6. The van der Waals surface area contributed by atoms with Gasteiger partial charge in [-0.25, -0.2) is 29.1 Å². The summed E-state index contributed by atoms with van der Waals surface area (Å²) in [6, 6.07) is 26.6. The molecule has 77 heavy (non-hydrogen) atoms. The number of piperidine rings is 2. The summed E-state index contributed by atoms with van der Waals surface area (Å²) >= 11 is 12.9. The number of hydrogen-bond acceptors (Lipinski definition) is 13. The van der Waals surface area contributed by atoms with Crippen LogP contribution in [0.3, 0.4) is 0 Å². The maximum Gasteiger partial charge on any atom is 0.407 e. The van der Waals surface area contributed by atoms with E-state index in [-0.39, 0.29) is 54.2 Å². The number of hydrogen-bond donors (Lipinski definition) is 5. The van der Waals surface area contributed by atoms with Gasteiger partial charge in [0.15, 0.2) is 0 Å². The fraction of sp³-hybridized carbons (Fsp3) is 0.382. The molecule has 406 valence electrons. The quantitative estimate of drug-likeness (QED) is 0.0567. The normalized spacial score (nSPS) is 15.8. The summed E-state index contributed by atoms with van der Waals surface area (Å²) in [5.41, 5.74) is 1.18. The monoisotopic (exact) mass is 1090 g/mol. The zero-order valence-electron chi connectivity index (χ0n) is 43.7. The van der Waals surface area contributed by atoms with Crippen molar-refractivity contribution in [3.63, 3.8) is 0 Å². The van der Waals surface area contributed by atoms with Crippen LogP contribution < -0.4 is 31.6 Å². The first-order chi connectivity index (χ1) is 36.6. The largest absolute Gasteiger partial charge is 0.477 e. The van der Waals surface area contributed by atoms with Crippen molar-refractivity contribution in [1.29, 1.82) is 0 Å². The van der Waals surface area contributed by atoms with Crippen molar-refractivity contribution in [1.82, 2.24) is 39.7 Å². The number of anilines is 2. The van der Waals surface area contributed by atoms with E-state index in [0.29, 0.717) is 59.2 Å². The molecule has 0 unspecified atom stereocenters. The molecule has 0 radical (unpaired) electrons. The number of carbonyl (C=O) groups is 4. The van der Waals surface area contributed by atoms with Crippen molar-refractivity contribution >= 4 is 81.3 Å². The number of carbonyl (C=O) groups excluding carboxylic acids is 3. The SMILES string of the molecule is CC(C)(C)OC(=O)N[C@@H]1CCCN(c2nc3cc(C(=O)O)[nH]c(=O)c3n2Cc2ccccc2Cl)C1.CC(C)(C)OC(=O)N[C@@H]1CCCN(c2nc3cc(C(=O)OCc4ccccc4)[nH]c(=O)c3n2Cc2ccccc2Cl)C1. The fourth-order valence-corrected chi connectivity index (χ4v) is 9.60. The van der Waals surface area contributed by atoms with Gasteiger partial charge in [-0.15, -0.1) is 0 Å². The van der Waals surface area contributed by atoms with Crippen molar-refractivity contribution in [2.75, 3.05) is 36.0 Å². The van der Waals surface area contributed by atoms with Crippen LogP contribution in [0, 0.1) is 0 Å². The van der Waals surface area contributed by atoms with Gasteiger partial charge in [0.25, 0.3) is 11.1 Å². The van der Waals surface area contributed by atoms with Crippen LogP contribution in [0.5, 0.6) is 0 Å². The molecule has 0 bridgehead atoms. The number of H-pyrrole nitrogens is 2. The van der Waals surface area contributed by atoms with E-state index in [9.17, 15) is 33.9 Å². The van der Waals surface area contributed by atoms with Crippen LogP contribution in [-0.2, 0) is 33.9 Å². The number of pyridine rings is 2. The molecule has 5 N–H and O–H groups in total. The lowest BCUT2D eigenvalue weighted by atomic mass is 10.1. The highest BCUT2D eigenvalue weighted by Crippen LogP contribution is 2.30. The molecule has 6 heterocycles. The lowest BCUT2D eigenvalue weighted by molar-refractivity contribution is 0.0461. The van der Waals surface area contributed by atoms with Gasteiger partial charge in [-0.05, 0) is 108 Å². The Labute approximate surface area is 453 Å². The Morgan fingerprint density at radius 1 is 0.649 bits per heavy atom. The molecule has 3 aromatic carbocycles. The molecule has 7 aromatic rings. The summed E-state index contributed by atoms with van der Waals surface area (Å²) in [6.07, 6.45) is 2.16. The first kappa shape index (κ1) is 55.4. The lowest BCUT2D eigenvalue weighted by Crippen LogP contribution is -2.49. The van der Waals surface area contributed by atoms with E-state index in [2.05, 4.69) is 25.6 Å². The van der Waals surface area contributed by atoms with Crippen molar-refractivity contribution in [2.24, 2.45) is 0 Å². The molecule has 2 amide bonds. The van der Waals surface area contributed by atoms with E-state index in [4.69, 9.17) is 42.4 Å². The van der Waals surface area contributed by atoms with E-state index >= 15 is 0 Å². The van der Waals surface area contributed by atoms with Gasteiger partial charge in [0.1, 0.15) is 40.2 Å². The molecule has 0 aliphatic carbocycles. The number of carboxylic acid groups (broad SMARTS) is 1. The molecule has 2 aliphatic heterocycles. The van der Waals surface area contributed by atoms with Gasteiger partial charge < -0.3 is 58.9 Å². The third-order valence-corrected chi connectivity index (χ3v) is 13.3. The highest BCUT2D eigenvalue weighted by atomic mass is 35.5. The number of amides is 2. The number of benzene rings is 3. The molecular weight excluding hydrogens is 1030 g/mol. The minimum absolute atomic E-state index is 0.0143. The maximum absolute atomic E-state index is 13.5. The van der Waals surface area contributed by atoms with Gasteiger partial charge in [0.05, 0.1) is 24.1 Å². The molecule has 20 nitrogen and oxygen atoms in total. The van der Waals surface area contributed by atoms with Crippen LogP contribution in [-0.4, -0.2) is 108 Å². The number of imidazole rings is 2. The lowest BCUT2D eigenvalue weighted by Gasteiger charge is -2.34.